The van der Waals surface area contributed by atoms with Crippen molar-refractivity contribution in [1.82, 2.24) is 14.8 Å². The summed E-state index contributed by atoms with van der Waals surface area (Å²) in [7, 11) is 0. The lowest BCUT2D eigenvalue weighted by molar-refractivity contribution is 0.0697. The maximum Gasteiger partial charge on any atom is 0.336 e. The number of carboxylic acid groups (broad SMARTS) is 1. The number of aromatic nitrogens is 3. The van der Waals surface area contributed by atoms with Gasteiger partial charge in [0.25, 0.3) is 0 Å². The van der Waals surface area contributed by atoms with Crippen molar-refractivity contribution in [3.8, 4) is 17.1 Å². The van der Waals surface area contributed by atoms with Crippen LogP contribution in [0, 0.1) is 0 Å². The first-order valence-corrected chi connectivity index (χ1v) is 9.71. The summed E-state index contributed by atoms with van der Waals surface area (Å²) in [6.07, 6.45) is 5.51. The monoisotopic (exact) mass is 391 g/mol. The Hall–Kier alpha value is -3.41. The van der Waals surface area contributed by atoms with Gasteiger partial charge < -0.3 is 9.84 Å². The molecule has 1 aromatic heterocycles. The molecule has 29 heavy (non-hydrogen) atoms. The number of allylic oxidation sites excluding steroid dienone is 2. The molecule has 1 N–H and O–H groups in total. The molecule has 0 aliphatic heterocycles. The molecule has 2 aromatic carbocycles. The third kappa shape index (κ3) is 5.10. The van der Waals surface area contributed by atoms with Crippen LogP contribution in [-0.2, 0) is 13.0 Å². The van der Waals surface area contributed by atoms with Gasteiger partial charge in [-0.15, -0.1) is 5.10 Å². The molecule has 3 rings (SSSR count). The average molecular weight is 391 g/mol. The van der Waals surface area contributed by atoms with E-state index in [-0.39, 0.29) is 0 Å². The highest BCUT2D eigenvalue weighted by molar-refractivity contribution is 5.95. The predicted octanol–water partition coefficient (Wildman–Crippen LogP) is 4.60. The molecule has 0 aliphatic rings. The highest BCUT2D eigenvalue weighted by Gasteiger charge is 2.13. The Labute approximate surface area is 170 Å². The number of hydrogen-bond acceptors (Lipinski definition) is 4. The maximum absolute atomic E-state index is 11.5. The van der Waals surface area contributed by atoms with Gasteiger partial charge in [-0.2, -0.15) is 4.98 Å². The van der Waals surface area contributed by atoms with Crippen molar-refractivity contribution >= 4 is 5.97 Å². The summed E-state index contributed by atoms with van der Waals surface area (Å²) in [5, 5.41) is 13.9. The minimum absolute atomic E-state index is 0.295. The minimum Gasteiger partial charge on any atom is -0.478 e. The number of carbonyl (C=O) groups is 1. The number of benzene rings is 2. The van der Waals surface area contributed by atoms with Gasteiger partial charge in [-0.05, 0) is 36.1 Å². The molecule has 1 heterocycles. The smallest absolute Gasteiger partial charge is 0.336 e. The van der Waals surface area contributed by atoms with Crippen LogP contribution in [0.1, 0.15) is 42.0 Å². The second-order valence-corrected chi connectivity index (χ2v) is 6.63. The standard InChI is InChI=1S/C23H25N3O3/c1-3-5-14-26-21(24-23(25-26)29-15-4-2)16-17-10-12-18(13-11-17)19-8-6-7-9-20(19)22(27)28/h3,5-13H,4,14-16H2,1-2H3,(H,27,28)/b5-3+. The van der Waals surface area contributed by atoms with E-state index in [2.05, 4.69) is 10.1 Å². The fraction of sp³-hybridized carbons (Fsp3) is 0.261. The second-order valence-electron chi connectivity index (χ2n) is 6.63. The zero-order chi connectivity index (χ0) is 20.6. The zero-order valence-corrected chi connectivity index (χ0v) is 16.7. The van der Waals surface area contributed by atoms with Crippen molar-refractivity contribution in [2.75, 3.05) is 6.61 Å². The van der Waals surface area contributed by atoms with Gasteiger partial charge in [0.05, 0.1) is 18.7 Å². The van der Waals surface area contributed by atoms with Gasteiger partial charge in [-0.1, -0.05) is 61.5 Å². The van der Waals surface area contributed by atoms with E-state index in [1.165, 1.54) is 0 Å². The molecular weight excluding hydrogens is 366 g/mol. The predicted molar refractivity (Wildman–Crippen MR) is 112 cm³/mol. The van der Waals surface area contributed by atoms with Crippen LogP contribution in [0.15, 0.2) is 60.7 Å². The van der Waals surface area contributed by atoms with E-state index in [1.807, 2.05) is 67.1 Å². The lowest BCUT2D eigenvalue weighted by atomic mass is 9.98. The zero-order valence-electron chi connectivity index (χ0n) is 16.7. The van der Waals surface area contributed by atoms with Gasteiger partial charge in [0.1, 0.15) is 5.82 Å². The van der Waals surface area contributed by atoms with E-state index < -0.39 is 5.97 Å². The summed E-state index contributed by atoms with van der Waals surface area (Å²) in [6, 6.07) is 15.3. The van der Waals surface area contributed by atoms with Crippen molar-refractivity contribution in [2.24, 2.45) is 0 Å². The van der Waals surface area contributed by atoms with E-state index in [9.17, 15) is 9.90 Å². The highest BCUT2D eigenvalue weighted by Crippen LogP contribution is 2.25. The Morgan fingerprint density at radius 2 is 1.93 bits per heavy atom. The van der Waals surface area contributed by atoms with E-state index >= 15 is 0 Å². The van der Waals surface area contributed by atoms with Crippen LogP contribution in [0.2, 0.25) is 0 Å². The summed E-state index contributed by atoms with van der Waals surface area (Å²) in [5.74, 6) is -0.103. The van der Waals surface area contributed by atoms with Gasteiger partial charge in [-0.3, -0.25) is 0 Å². The molecule has 0 spiro atoms. The van der Waals surface area contributed by atoms with Crippen LogP contribution in [-0.4, -0.2) is 32.4 Å². The average Bonchev–Trinajstić information content (AvgIpc) is 3.12. The van der Waals surface area contributed by atoms with Crippen molar-refractivity contribution in [1.29, 1.82) is 0 Å². The topological polar surface area (TPSA) is 77.2 Å². The normalized spacial score (nSPS) is 11.1. The quantitative estimate of drug-likeness (QED) is 0.540. The van der Waals surface area contributed by atoms with Crippen molar-refractivity contribution in [3.63, 3.8) is 0 Å². The highest BCUT2D eigenvalue weighted by atomic mass is 16.5. The first-order chi connectivity index (χ1) is 14.1. The summed E-state index contributed by atoms with van der Waals surface area (Å²) in [5.41, 5.74) is 2.94. The first-order valence-electron chi connectivity index (χ1n) is 9.71. The molecule has 3 aromatic rings. The molecule has 6 heteroatoms. The molecule has 150 valence electrons. The van der Waals surface area contributed by atoms with Crippen LogP contribution in [0.5, 0.6) is 6.01 Å². The van der Waals surface area contributed by atoms with Crippen molar-refractivity contribution in [2.45, 2.75) is 33.2 Å². The van der Waals surface area contributed by atoms with Crippen molar-refractivity contribution in [3.05, 3.63) is 77.6 Å². The SMILES string of the molecule is C/C=C/Cn1nc(OCCC)nc1Cc1ccc(-c2ccccc2C(=O)O)cc1. The van der Waals surface area contributed by atoms with Crippen LogP contribution < -0.4 is 4.74 Å². The first kappa shape index (κ1) is 20.3. The number of ether oxygens (including phenoxy) is 1. The van der Waals surface area contributed by atoms with Crippen LogP contribution >= 0.6 is 0 Å². The van der Waals surface area contributed by atoms with Gasteiger partial charge >= 0.3 is 12.0 Å². The third-order valence-corrected chi connectivity index (χ3v) is 4.46. The van der Waals surface area contributed by atoms with Crippen LogP contribution in [0.3, 0.4) is 0 Å². The van der Waals surface area contributed by atoms with E-state index in [0.717, 1.165) is 23.4 Å². The number of hydrogen-bond donors (Lipinski definition) is 1. The summed E-state index contributed by atoms with van der Waals surface area (Å²) in [4.78, 5) is 16.0. The fourth-order valence-corrected chi connectivity index (χ4v) is 2.99. The molecule has 0 saturated heterocycles. The molecule has 0 fully saturated rings. The molecule has 0 atom stereocenters. The van der Waals surface area contributed by atoms with Gasteiger partial charge in [0.2, 0.25) is 0 Å². The van der Waals surface area contributed by atoms with Gasteiger partial charge in [-0.25, -0.2) is 9.48 Å². The molecule has 0 aliphatic carbocycles. The molecule has 0 bridgehead atoms. The molecule has 0 saturated carbocycles. The number of carboxylic acids is 1. The summed E-state index contributed by atoms with van der Waals surface area (Å²) < 4.78 is 7.43. The van der Waals surface area contributed by atoms with E-state index in [0.29, 0.717) is 36.7 Å². The van der Waals surface area contributed by atoms with Gasteiger partial charge in [0.15, 0.2) is 0 Å². The van der Waals surface area contributed by atoms with E-state index in [1.54, 1.807) is 12.1 Å². The lowest BCUT2D eigenvalue weighted by Crippen LogP contribution is -2.05. The second kappa shape index (κ2) is 9.68. The molecule has 0 radical (unpaired) electrons. The molecule has 0 unspecified atom stereocenters. The maximum atomic E-state index is 11.5. The van der Waals surface area contributed by atoms with Crippen molar-refractivity contribution < 1.29 is 14.6 Å². The lowest BCUT2D eigenvalue weighted by Gasteiger charge is -2.08. The summed E-state index contributed by atoms with van der Waals surface area (Å²) >= 11 is 0. The van der Waals surface area contributed by atoms with Crippen LogP contribution in [0.25, 0.3) is 11.1 Å². The Bertz CT molecular complexity index is 991. The van der Waals surface area contributed by atoms with Crippen LogP contribution in [0.4, 0.5) is 0 Å². The van der Waals surface area contributed by atoms with Gasteiger partial charge in [0, 0.05) is 6.42 Å². The molecule has 0 amide bonds. The Morgan fingerprint density at radius 3 is 2.62 bits per heavy atom. The minimum atomic E-state index is -0.929. The Balaban J connectivity index is 1.82. The largest absolute Gasteiger partial charge is 0.478 e. The molecule has 6 nitrogen and oxygen atoms in total. The number of aromatic carboxylic acids is 1. The Morgan fingerprint density at radius 1 is 1.17 bits per heavy atom. The van der Waals surface area contributed by atoms with E-state index in [4.69, 9.17) is 4.74 Å². The number of rotatable bonds is 9. The number of nitrogens with zero attached hydrogens (tertiary/aromatic N) is 3. The molecular formula is C23H25N3O3. The fourth-order valence-electron chi connectivity index (χ4n) is 2.99. The Kier molecular flexibility index (Phi) is 6.79. The third-order valence-electron chi connectivity index (χ3n) is 4.46. The summed E-state index contributed by atoms with van der Waals surface area (Å²) in [6.45, 7) is 5.24.